The van der Waals surface area contributed by atoms with Crippen molar-refractivity contribution in [2.75, 3.05) is 26.9 Å². The molecular weight excluding hydrogens is 597 g/mol. The van der Waals surface area contributed by atoms with E-state index in [1.807, 2.05) is 30.3 Å². The number of likely N-dealkylation sites (tertiary alicyclic amines) is 1. The first-order chi connectivity index (χ1) is 21.4. The van der Waals surface area contributed by atoms with Crippen molar-refractivity contribution in [2.45, 2.75) is 69.2 Å². The number of aliphatic carboxylic acids is 1. The molecule has 3 rings (SSSR count). The highest BCUT2D eigenvalue weighted by Gasteiger charge is 2.43. The molecule has 0 aromatic heterocycles. The molecule has 2 aromatic rings. The number of halogens is 3. The number of nitrogens with zero attached hydrogens (tertiary/aromatic N) is 1. The van der Waals surface area contributed by atoms with Crippen molar-refractivity contribution in [1.29, 1.82) is 0 Å². The van der Waals surface area contributed by atoms with Crippen LogP contribution in [0.1, 0.15) is 37.3 Å². The fourth-order valence-electron chi connectivity index (χ4n) is 5.29. The van der Waals surface area contributed by atoms with Crippen molar-refractivity contribution in [3.63, 3.8) is 0 Å². The summed E-state index contributed by atoms with van der Waals surface area (Å²) in [6.07, 6.45) is 0.128. The SMILES string of the molecule is CCOC(=O)C(CCc1ccccc1)N[C@@H](COC)C(=O)N1C[C@@H](NC(=O)C[C@H](N)Cc2cc(F)c(F)cc2F)C[C@H]1C(=O)O. The molecule has 11 nitrogen and oxygen atoms in total. The third-order valence-electron chi connectivity index (χ3n) is 7.42. The highest BCUT2D eigenvalue weighted by molar-refractivity contribution is 5.89. The van der Waals surface area contributed by atoms with Gasteiger partial charge in [-0.1, -0.05) is 30.3 Å². The third-order valence-corrected chi connectivity index (χ3v) is 7.42. The van der Waals surface area contributed by atoms with Gasteiger partial charge in [-0.05, 0) is 43.4 Å². The summed E-state index contributed by atoms with van der Waals surface area (Å²) in [6, 6.07) is 5.52. The van der Waals surface area contributed by atoms with Gasteiger partial charge in [0.15, 0.2) is 11.6 Å². The number of aryl methyl sites for hydroxylation is 1. The van der Waals surface area contributed by atoms with Gasteiger partial charge in [-0.2, -0.15) is 0 Å². The summed E-state index contributed by atoms with van der Waals surface area (Å²) in [6.45, 7) is 1.47. The van der Waals surface area contributed by atoms with Crippen molar-refractivity contribution in [3.8, 4) is 0 Å². The summed E-state index contributed by atoms with van der Waals surface area (Å²) >= 11 is 0. The van der Waals surface area contributed by atoms with Crippen LogP contribution in [0.2, 0.25) is 0 Å². The molecule has 1 aliphatic heterocycles. The molecule has 246 valence electrons. The summed E-state index contributed by atoms with van der Waals surface area (Å²) in [5.74, 6) is -6.67. The van der Waals surface area contributed by atoms with Crippen molar-refractivity contribution in [2.24, 2.45) is 5.73 Å². The molecule has 45 heavy (non-hydrogen) atoms. The number of carboxylic acids is 1. The molecule has 1 unspecified atom stereocenters. The van der Waals surface area contributed by atoms with Gasteiger partial charge in [-0.15, -0.1) is 0 Å². The zero-order chi connectivity index (χ0) is 33.1. The van der Waals surface area contributed by atoms with E-state index < -0.39 is 71.4 Å². The predicted molar refractivity (Wildman–Crippen MR) is 156 cm³/mol. The predicted octanol–water partition coefficient (Wildman–Crippen LogP) is 1.70. The van der Waals surface area contributed by atoms with E-state index in [9.17, 15) is 37.5 Å². The van der Waals surface area contributed by atoms with Gasteiger partial charge >= 0.3 is 11.9 Å². The fourth-order valence-corrected chi connectivity index (χ4v) is 5.29. The van der Waals surface area contributed by atoms with Crippen molar-refractivity contribution in [3.05, 3.63) is 71.0 Å². The molecule has 5 N–H and O–H groups in total. The van der Waals surface area contributed by atoms with Crippen LogP contribution in [0.5, 0.6) is 0 Å². The monoisotopic (exact) mass is 636 g/mol. The van der Waals surface area contributed by atoms with Gasteiger partial charge < -0.3 is 30.5 Å². The fraction of sp³-hybridized carbons (Fsp3) is 0.484. The van der Waals surface area contributed by atoms with E-state index in [1.165, 1.54) is 7.11 Å². The number of benzene rings is 2. The Hall–Kier alpha value is -4.01. The lowest BCUT2D eigenvalue weighted by atomic mass is 10.0. The summed E-state index contributed by atoms with van der Waals surface area (Å²) in [5, 5.41) is 15.5. The zero-order valence-electron chi connectivity index (χ0n) is 25.1. The smallest absolute Gasteiger partial charge is 0.326 e. The second-order valence-corrected chi connectivity index (χ2v) is 10.9. The number of carbonyl (C=O) groups is 4. The first-order valence-corrected chi connectivity index (χ1v) is 14.6. The molecule has 0 bridgehead atoms. The standard InChI is InChI=1S/C31H39F3N4O7/c1-3-45-31(43)25(10-9-18-7-5-4-6-8-18)37-26(17-44-2)29(40)38-16-21(14-27(38)30(41)42)36-28(39)13-20(35)11-19-12-23(33)24(34)15-22(19)32/h4-8,12,15,20-21,25-27,37H,3,9-11,13-14,16-17,35H2,1-2H3,(H,36,39)(H,41,42)/t20-,21+,25?,26+,27+/m1/s1. The summed E-state index contributed by atoms with van der Waals surface area (Å²) in [7, 11) is 1.36. The highest BCUT2D eigenvalue weighted by Crippen LogP contribution is 2.21. The number of carbonyl (C=O) groups excluding carboxylic acids is 3. The summed E-state index contributed by atoms with van der Waals surface area (Å²) < 4.78 is 51.2. The molecule has 1 saturated heterocycles. The number of carboxylic acid groups (broad SMARTS) is 1. The number of nitrogens with one attached hydrogen (secondary N) is 2. The van der Waals surface area contributed by atoms with Gasteiger partial charge in [-0.25, -0.2) is 18.0 Å². The van der Waals surface area contributed by atoms with Crippen LogP contribution in [-0.4, -0.2) is 90.8 Å². The number of hydrogen-bond acceptors (Lipinski definition) is 8. The Morgan fingerprint density at radius 2 is 1.76 bits per heavy atom. The van der Waals surface area contributed by atoms with E-state index in [2.05, 4.69) is 10.6 Å². The minimum Gasteiger partial charge on any atom is -0.480 e. The zero-order valence-corrected chi connectivity index (χ0v) is 25.1. The first-order valence-electron chi connectivity index (χ1n) is 14.6. The molecule has 0 aliphatic carbocycles. The van der Waals surface area contributed by atoms with E-state index in [-0.39, 0.29) is 44.6 Å². The average Bonchev–Trinajstić information content (AvgIpc) is 3.41. The molecule has 1 aliphatic rings. The maximum absolute atomic E-state index is 14.0. The van der Waals surface area contributed by atoms with Crippen molar-refractivity contribution >= 4 is 23.8 Å². The third kappa shape index (κ3) is 10.3. The number of ether oxygens (including phenoxy) is 2. The van der Waals surface area contributed by atoms with E-state index in [0.717, 1.165) is 10.5 Å². The van der Waals surface area contributed by atoms with Gasteiger partial charge in [0, 0.05) is 44.6 Å². The number of hydrogen-bond donors (Lipinski definition) is 4. The Bertz CT molecular complexity index is 1330. The second kappa shape index (κ2) is 16.9. The number of rotatable bonds is 16. The maximum atomic E-state index is 14.0. The molecule has 1 heterocycles. The van der Waals surface area contributed by atoms with Crippen LogP contribution in [0.3, 0.4) is 0 Å². The summed E-state index contributed by atoms with van der Waals surface area (Å²) in [4.78, 5) is 52.4. The maximum Gasteiger partial charge on any atom is 0.326 e. The summed E-state index contributed by atoms with van der Waals surface area (Å²) in [5.41, 5.74) is 6.73. The Labute approximate surface area is 259 Å². The largest absolute Gasteiger partial charge is 0.480 e. The van der Waals surface area contributed by atoms with Crippen LogP contribution in [0.4, 0.5) is 13.2 Å². The van der Waals surface area contributed by atoms with Gasteiger partial charge in [0.25, 0.3) is 0 Å². The van der Waals surface area contributed by atoms with Crippen LogP contribution in [0.15, 0.2) is 42.5 Å². The normalized spacial score (nSPS) is 18.2. The van der Waals surface area contributed by atoms with Crippen LogP contribution >= 0.6 is 0 Å². The van der Waals surface area contributed by atoms with Crippen LogP contribution < -0.4 is 16.4 Å². The van der Waals surface area contributed by atoms with Gasteiger partial charge in [0.05, 0.1) is 13.2 Å². The number of nitrogens with two attached hydrogens (primary N) is 1. The Balaban J connectivity index is 1.66. The number of esters is 1. The second-order valence-electron chi connectivity index (χ2n) is 10.9. The lowest BCUT2D eigenvalue weighted by Crippen LogP contribution is -2.56. The van der Waals surface area contributed by atoms with Gasteiger partial charge in [-0.3, -0.25) is 19.7 Å². The minimum atomic E-state index is -1.34. The average molecular weight is 637 g/mol. The van der Waals surface area contributed by atoms with Crippen molar-refractivity contribution < 1.29 is 46.9 Å². The topological polar surface area (TPSA) is 160 Å². The highest BCUT2D eigenvalue weighted by atomic mass is 19.2. The molecule has 2 amide bonds. The van der Waals surface area contributed by atoms with Gasteiger partial charge in [0.2, 0.25) is 11.8 Å². The molecule has 2 aromatic carbocycles. The van der Waals surface area contributed by atoms with Crippen LogP contribution in [0.25, 0.3) is 0 Å². The molecule has 0 saturated carbocycles. The Morgan fingerprint density at radius 3 is 2.40 bits per heavy atom. The molecule has 0 spiro atoms. The molecular formula is C31H39F3N4O7. The molecule has 0 radical (unpaired) electrons. The Morgan fingerprint density at radius 1 is 1.07 bits per heavy atom. The van der Waals surface area contributed by atoms with Crippen LogP contribution in [0, 0.1) is 17.5 Å². The van der Waals surface area contributed by atoms with Crippen LogP contribution in [-0.2, 0) is 41.5 Å². The number of methoxy groups -OCH3 is 1. The van der Waals surface area contributed by atoms with E-state index in [1.54, 1.807) is 6.92 Å². The quantitative estimate of drug-likeness (QED) is 0.159. The molecule has 5 atom stereocenters. The van der Waals surface area contributed by atoms with E-state index >= 15 is 0 Å². The minimum absolute atomic E-state index is 0.102. The van der Waals surface area contributed by atoms with Crippen molar-refractivity contribution in [1.82, 2.24) is 15.5 Å². The lowest BCUT2D eigenvalue weighted by Gasteiger charge is -2.29. The van der Waals surface area contributed by atoms with E-state index in [0.29, 0.717) is 25.0 Å². The Kier molecular flexibility index (Phi) is 13.3. The first kappa shape index (κ1) is 35.5. The van der Waals surface area contributed by atoms with Gasteiger partial charge in [0.1, 0.15) is 23.9 Å². The number of amides is 2. The molecule has 14 heteroatoms. The van der Waals surface area contributed by atoms with E-state index in [4.69, 9.17) is 15.2 Å². The lowest BCUT2D eigenvalue weighted by molar-refractivity contribution is -0.151. The molecule has 1 fully saturated rings.